The summed E-state index contributed by atoms with van der Waals surface area (Å²) in [5.74, 6) is -2.63. The maximum atomic E-state index is 12.7. The van der Waals surface area contributed by atoms with Crippen LogP contribution >= 0.6 is 0 Å². The highest BCUT2D eigenvalue weighted by Crippen LogP contribution is 2.49. The van der Waals surface area contributed by atoms with Crippen molar-refractivity contribution in [3.05, 3.63) is 29.8 Å². The van der Waals surface area contributed by atoms with Gasteiger partial charge < -0.3 is 54.7 Å². The molecule has 10 unspecified atom stereocenters. The van der Waals surface area contributed by atoms with Crippen molar-refractivity contribution in [2.75, 3.05) is 13.2 Å². The summed E-state index contributed by atoms with van der Waals surface area (Å²) in [6.07, 6.45) is -12.4. The molecule has 1 spiro atoms. The number of aliphatic hydroxyl groups excluding tert-OH is 7. The minimum atomic E-state index is -2.10. The first-order chi connectivity index (χ1) is 16.1. The molecule has 0 aliphatic carbocycles. The molecule has 0 bridgehead atoms. The molecule has 34 heavy (non-hydrogen) atoms. The van der Waals surface area contributed by atoms with Gasteiger partial charge in [-0.15, -0.1) is 0 Å². The summed E-state index contributed by atoms with van der Waals surface area (Å²) in [6.45, 7) is -1.40. The van der Waals surface area contributed by atoms with Crippen LogP contribution in [-0.4, -0.2) is 116 Å². The molecule has 3 fully saturated rings. The fraction of sp³-hybridized carbons (Fsp3) is 0.619. The third kappa shape index (κ3) is 3.93. The van der Waals surface area contributed by atoms with E-state index in [9.17, 15) is 40.2 Å². The fourth-order valence-electron chi connectivity index (χ4n) is 4.55. The number of aliphatic hydroxyl groups is 7. The van der Waals surface area contributed by atoms with Gasteiger partial charge in [-0.25, -0.2) is 4.79 Å². The molecule has 4 rings (SSSR count). The molecule has 1 aromatic rings. The van der Waals surface area contributed by atoms with E-state index in [1.807, 2.05) is 0 Å². The molecule has 3 heterocycles. The molecule has 1 aromatic carbocycles. The van der Waals surface area contributed by atoms with E-state index >= 15 is 0 Å². The van der Waals surface area contributed by atoms with Gasteiger partial charge in [-0.3, -0.25) is 4.79 Å². The second-order valence-electron chi connectivity index (χ2n) is 8.47. The van der Waals surface area contributed by atoms with Crippen LogP contribution < -0.4 is 4.74 Å². The third-order valence-corrected chi connectivity index (χ3v) is 6.43. The summed E-state index contributed by atoms with van der Waals surface area (Å²) in [5, 5.41) is 68.9. The van der Waals surface area contributed by atoms with Gasteiger partial charge in [0.15, 0.2) is 6.10 Å². The highest BCUT2D eigenvalue weighted by atomic mass is 16.7. The zero-order valence-corrected chi connectivity index (χ0v) is 17.7. The van der Waals surface area contributed by atoms with Gasteiger partial charge in [0.25, 0.3) is 0 Å². The zero-order chi connectivity index (χ0) is 24.8. The van der Waals surface area contributed by atoms with E-state index in [4.69, 9.17) is 24.1 Å². The smallest absolute Gasteiger partial charge is 0.354 e. The second kappa shape index (κ2) is 9.36. The Morgan fingerprint density at radius 2 is 1.71 bits per heavy atom. The highest BCUT2D eigenvalue weighted by Gasteiger charge is 2.69. The van der Waals surface area contributed by atoms with Gasteiger partial charge in [-0.1, -0.05) is 12.1 Å². The Kier molecular flexibility index (Phi) is 6.81. The lowest BCUT2D eigenvalue weighted by molar-refractivity contribution is -0.277. The third-order valence-electron chi connectivity index (χ3n) is 6.43. The van der Waals surface area contributed by atoms with Crippen molar-refractivity contribution >= 4 is 11.9 Å². The molecule has 188 valence electrons. The van der Waals surface area contributed by atoms with Crippen LogP contribution in [0, 0.1) is 0 Å². The molecule has 0 saturated carbocycles. The number of hydrogen-bond donors (Lipinski definition) is 7. The quantitative estimate of drug-likeness (QED) is 0.193. The van der Waals surface area contributed by atoms with E-state index in [2.05, 4.69) is 0 Å². The summed E-state index contributed by atoms with van der Waals surface area (Å²) in [6, 6.07) is 5.78. The maximum absolute atomic E-state index is 12.7. The molecule has 13 nitrogen and oxygen atoms in total. The standard InChI is InChI=1S/C21H26O13/c22-6-11(24)17-18(29)21(20(30)33-17)10(5-13(25)34-21)8-1-3-9(4-2-8)31-19-16(28)15(27)14(26)12(7-23)32-19/h1-4,10-12,14-19,22-24,26-29H,5-7H2. The Labute approximate surface area is 192 Å². The number of rotatable bonds is 6. The van der Waals surface area contributed by atoms with Crippen molar-refractivity contribution in [1.29, 1.82) is 0 Å². The Bertz CT molecular complexity index is 904. The lowest BCUT2D eigenvalue weighted by atomic mass is 9.77. The van der Waals surface area contributed by atoms with Crippen molar-refractivity contribution in [3.8, 4) is 5.75 Å². The van der Waals surface area contributed by atoms with Crippen molar-refractivity contribution in [3.63, 3.8) is 0 Å². The predicted molar refractivity (Wildman–Crippen MR) is 106 cm³/mol. The monoisotopic (exact) mass is 486 g/mol. The molecule has 0 radical (unpaired) electrons. The Morgan fingerprint density at radius 1 is 1.03 bits per heavy atom. The van der Waals surface area contributed by atoms with Crippen LogP contribution in [-0.2, 0) is 23.8 Å². The molecule has 7 N–H and O–H groups in total. The molecule has 3 aliphatic rings. The van der Waals surface area contributed by atoms with Gasteiger partial charge in [-0.2, -0.15) is 0 Å². The normalized spacial score (nSPS) is 40.8. The number of benzene rings is 1. The number of carbonyl (C=O) groups excluding carboxylic acids is 2. The van der Waals surface area contributed by atoms with Crippen molar-refractivity contribution in [2.45, 2.75) is 67.0 Å². The molecule has 0 amide bonds. The summed E-state index contributed by atoms with van der Waals surface area (Å²) in [4.78, 5) is 24.8. The first kappa shape index (κ1) is 24.8. The first-order valence-electron chi connectivity index (χ1n) is 10.6. The van der Waals surface area contributed by atoms with E-state index in [-0.39, 0.29) is 12.2 Å². The number of carbonyl (C=O) groups is 2. The number of esters is 2. The average Bonchev–Trinajstić information content (AvgIpc) is 3.31. The largest absolute Gasteiger partial charge is 0.462 e. The van der Waals surface area contributed by atoms with Gasteiger partial charge in [0.1, 0.15) is 42.4 Å². The number of ether oxygens (including phenoxy) is 4. The molecule has 10 atom stereocenters. The topological polar surface area (TPSA) is 213 Å². The van der Waals surface area contributed by atoms with Crippen molar-refractivity contribution < 1.29 is 64.3 Å². The zero-order valence-electron chi connectivity index (χ0n) is 17.7. The lowest BCUT2D eigenvalue weighted by Gasteiger charge is -2.39. The van der Waals surface area contributed by atoms with E-state index in [0.717, 1.165) is 0 Å². The summed E-state index contributed by atoms with van der Waals surface area (Å²) >= 11 is 0. The number of cyclic esters (lactones) is 1. The second-order valence-corrected chi connectivity index (χ2v) is 8.47. The summed E-state index contributed by atoms with van der Waals surface area (Å²) in [5.41, 5.74) is -1.71. The highest BCUT2D eigenvalue weighted by molar-refractivity contribution is 5.91. The Hall–Kier alpha value is -2.36. The van der Waals surface area contributed by atoms with Crippen LogP contribution in [0.2, 0.25) is 0 Å². The molecule has 3 aliphatic heterocycles. The minimum absolute atomic E-state index is 0.149. The lowest BCUT2D eigenvalue weighted by Crippen LogP contribution is -2.60. The van der Waals surface area contributed by atoms with Crippen LogP contribution in [0.15, 0.2) is 24.3 Å². The fourth-order valence-corrected chi connectivity index (χ4v) is 4.55. The van der Waals surface area contributed by atoms with E-state index in [1.165, 1.54) is 24.3 Å². The van der Waals surface area contributed by atoms with E-state index in [1.54, 1.807) is 0 Å². The summed E-state index contributed by atoms with van der Waals surface area (Å²) < 4.78 is 21.1. The van der Waals surface area contributed by atoms with E-state index < -0.39 is 85.7 Å². The molecular formula is C21H26O13. The van der Waals surface area contributed by atoms with Crippen LogP contribution in [0.5, 0.6) is 5.75 Å². The van der Waals surface area contributed by atoms with Gasteiger partial charge in [0, 0.05) is 5.92 Å². The van der Waals surface area contributed by atoms with Crippen LogP contribution in [0.1, 0.15) is 17.9 Å². The average molecular weight is 486 g/mol. The Morgan fingerprint density at radius 3 is 2.32 bits per heavy atom. The maximum Gasteiger partial charge on any atom is 0.354 e. The van der Waals surface area contributed by atoms with Gasteiger partial charge in [0.2, 0.25) is 11.9 Å². The van der Waals surface area contributed by atoms with Crippen LogP contribution in [0.4, 0.5) is 0 Å². The molecule has 3 saturated heterocycles. The Balaban J connectivity index is 1.54. The predicted octanol–water partition coefficient (Wildman–Crippen LogP) is -3.73. The SMILES string of the molecule is O=C1CC(c2ccc(OC3OC(CO)C(O)C(O)C3O)cc2)C2(O1)C(=O)OC(C(O)CO)C2O. The molecule has 13 heteroatoms. The van der Waals surface area contributed by atoms with Crippen molar-refractivity contribution in [1.82, 2.24) is 0 Å². The van der Waals surface area contributed by atoms with Crippen LogP contribution in [0.3, 0.4) is 0 Å². The molecular weight excluding hydrogens is 460 g/mol. The number of hydrogen-bond acceptors (Lipinski definition) is 13. The van der Waals surface area contributed by atoms with Gasteiger partial charge >= 0.3 is 11.9 Å². The van der Waals surface area contributed by atoms with Crippen LogP contribution in [0.25, 0.3) is 0 Å². The summed E-state index contributed by atoms with van der Waals surface area (Å²) in [7, 11) is 0. The first-order valence-corrected chi connectivity index (χ1v) is 10.6. The van der Waals surface area contributed by atoms with E-state index in [0.29, 0.717) is 5.56 Å². The van der Waals surface area contributed by atoms with Gasteiger partial charge in [0.05, 0.1) is 19.6 Å². The van der Waals surface area contributed by atoms with Gasteiger partial charge in [-0.05, 0) is 17.7 Å². The van der Waals surface area contributed by atoms with Crippen molar-refractivity contribution in [2.24, 2.45) is 0 Å². The molecule has 0 aromatic heterocycles. The minimum Gasteiger partial charge on any atom is -0.462 e.